The molecule has 1 N–H and O–H groups in total. The van der Waals surface area contributed by atoms with Gasteiger partial charge >= 0.3 is 5.69 Å². The Hall–Kier alpha value is -1.68. The van der Waals surface area contributed by atoms with E-state index < -0.39 is 11.5 Å². The van der Waals surface area contributed by atoms with Crippen LogP contribution in [-0.2, 0) is 0 Å². The molecule has 1 aromatic carbocycles. The number of H-pyrrole nitrogens is 1. The molecule has 0 saturated carbocycles. The molecule has 0 radical (unpaired) electrons. The Kier molecular flexibility index (Phi) is 2.75. The van der Waals surface area contributed by atoms with Crippen molar-refractivity contribution in [2.45, 2.75) is 6.92 Å². The van der Waals surface area contributed by atoms with Gasteiger partial charge in [-0.1, -0.05) is 11.6 Å². The van der Waals surface area contributed by atoms with Crippen LogP contribution in [0.4, 0.5) is 4.39 Å². The maximum atomic E-state index is 13.0. The molecule has 1 heterocycles. The first-order valence-corrected chi connectivity index (χ1v) is 4.97. The van der Waals surface area contributed by atoms with Crippen LogP contribution in [0.25, 0.3) is 11.3 Å². The van der Waals surface area contributed by atoms with Crippen molar-refractivity contribution in [2.75, 3.05) is 0 Å². The Bertz CT molecular complexity index is 595. The van der Waals surface area contributed by atoms with Gasteiger partial charge in [0, 0.05) is 11.8 Å². The van der Waals surface area contributed by atoms with E-state index in [0.717, 1.165) is 5.56 Å². The summed E-state index contributed by atoms with van der Waals surface area (Å²) in [6.07, 6.45) is 1.46. The Morgan fingerprint density at radius 1 is 1.44 bits per heavy atom. The van der Waals surface area contributed by atoms with E-state index in [1.807, 2.05) is 0 Å². The molecule has 0 aliphatic rings. The highest BCUT2D eigenvalue weighted by Crippen LogP contribution is 2.24. The molecule has 0 amide bonds. The third-order valence-corrected chi connectivity index (χ3v) is 2.50. The van der Waals surface area contributed by atoms with Crippen LogP contribution in [-0.4, -0.2) is 9.97 Å². The van der Waals surface area contributed by atoms with Gasteiger partial charge in [-0.05, 0) is 30.7 Å². The van der Waals surface area contributed by atoms with Gasteiger partial charge in [0.1, 0.15) is 5.82 Å². The Labute approximate surface area is 95.9 Å². The zero-order chi connectivity index (χ0) is 11.7. The molecule has 0 spiro atoms. The molecule has 1 aromatic heterocycles. The van der Waals surface area contributed by atoms with Gasteiger partial charge < -0.3 is 4.98 Å². The number of aryl methyl sites for hydroxylation is 1. The van der Waals surface area contributed by atoms with E-state index in [2.05, 4.69) is 9.97 Å². The molecule has 0 atom stereocenters. The Morgan fingerprint density at radius 3 is 2.88 bits per heavy atom. The molecular formula is C11H8ClFN2O. The number of halogens is 2. The van der Waals surface area contributed by atoms with E-state index in [-0.39, 0.29) is 5.02 Å². The largest absolute Gasteiger partial charge is 0.345 e. The number of aromatic nitrogens is 2. The summed E-state index contributed by atoms with van der Waals surface area (Å²) in [7, 11) is 0. The zero-order valence-corrected chi connectivity index (χ0v) is 9.18. The fourth-order valence-corrected chi connectivity index (χ4v) is 1.59. The second-order valence-electron chi connectivity index (χ2n) is 3.38. The lowest BCUT2D eigenvalue weighted by Crippen LogP contribution is -2.11. The number of rotatable bonds is 1. The number of nitrogens with one attached hydrogen (secondary N) is 1. The van der Waals surface area contributed by atoms with E-state index in [9.17, 15) is 9.18 Å². The fourth-order valence-electron chi connectivity index (χ4n) is 1.41. The summed E-state index contributed by atoms with van der Waals surface area (Å²) in [4.78, 5) is 17.3. The molecule has 82 valence electrons. The lowest BCUT2D eigenvalue weighted by atomic mass is 10.1. The van der Waals surface area contributed by atoms with Gasteiger partial charge in [-0.25, -0.2) is 14.2 Å². The van der Waals surface area contributed by atoms with Crippen molar-refractivity contribution < 1.29 is 4.39 Å². The molecule has 16 heavy (non-hydrogen) atoms. The molecule has 0 aliphatic carbocycles. The summed E-state index contributed by atoms with van der Waals surface area (Å²) >= 11 is 5.67. The number of hydrogen-bond acceptors (Lipinski definition) is 2. The Morgan fingerprint density at radius 2 is 2.19 bits per heavy atom. The summed E-state index contributed by atoms with van der Waals surface area (Å²) in [5, 5.41) is 0.0227. The lowest BCUT2D eigenvalue weighted by molar-refractivity contribution is 0.628. The van der Waals surface area contributed by atoms with Crippen molar-refractivity contribution >= 4 is 11.6 Å². The van der Waals surface area contributed by atoms with Crippen molar-refractivity contribution in [1.29, 1.82) is 0 Å². The van der Waals surface area contributed by atoms with Gasteiger partial charge in [0.2, 0.25) is 0 Å². The maximum Gasteiger partial charge on any atom is 0.345 e. The van der Waals surface area contributed by atoms with Gasteiger partial charge in [0.05, 0.1) is 10.7 Å². The van der Waals surface area contributed by atoms with Crippen molar-refractivity contribution in [3.05, 3.63) is 51.3 Å². The molecule has 0 bridgehead atoms. The van der Waals surface area contributed by atoms with Crippen molar-refractivity contribution in [1.82, 2.24) is 9.97 Å². The number of hydrogen-bond donors (Lipinski definition) is 1. The Balaban J connectivity index is 2.62. The minimum absolute atomic E-state index is 0.0227. The number of aromatic amines is 1. The van der Waals surface area contributed by atoms with Crippen LogP contribution in [0.15, 0.2) is 29.2 Å². The van der Waals surface area contributed by atoms with Crippen LogP contribution < -0.4 is 5.69 Å². The maximum absolute atomic E-state index is 13.0. The third kappa shape index (κ3) is 1.97. The minimum Gasteiger partial charge on any atom is -0.305 e. The molecule has 5 heteroatoms. The minimum atomic E-state index is -0.487. The highest BCUT2D eigenvalue weighted by Gasteiger charge is 2.06. The molecule has 0 aliphatic heterocycles. The summed E-state index contributed by atoms with van der Waals surface area (Å²) in [5.41, 5.74) is 1.61. The molecular weight excluding hydrogens is 231 g/mol. The van der Waals surface area contributed by atoms with Crippen molar-refractivity contribution in [3.63, 3.8) is 0 Å². The van der Waals surface area contributed by atoms with Crippen molar-refractivity contribution in [3.8, 4) is 11.3 Å². The summed E-state index contributed by atoms with van der Waals surface area (Å²) in [6.45, 7) is 1.80. The molecule has 2 aromatic rings. The number of benzene rings is 1. The standard InChI is InChI=1S/C11H8ClFN2O/c1-6-5-14-11(16)15-10(6)7-2-3-9(13)8(12)4-7/h2-5H,1H3,(H,14,15,16). The second-order valence-corrected chi connectivity index (χ2v) is 3.78. The van der Waals surface area contributed by atoms with Crippen LogP contribution in [0.5, 0.6) is 0 Å². The fraction of sp³-hybridized carbons (Fsp3) is 0.0909. The highest BCUT2D eigenvalue weighted by molar-refractivity contribution is 6.31. The molecule has 3 nitrogen and oxygen atoms in total. The molecule has 0 fully saturated rings. The van der Waals surface area contributed by atoms with Crippen LogP contribution in [0.3, 0.4) is 0 Å². The van der Waals surface area contributed by atoms with Gasteiger partial charge in [-0.2, -0.15) is 0 Å². The van der Waals surface area contributed by atoms with E-state index in [4.69, 9.17) is 11.6 Å². The SMILES string of the molecule is Cc1cnc(=O)[nH]c1-c1ccc(F)c(Cl)c1. The zero-order valence-electron chi connectivity index (χ0n) is 8.42. The first kappa shape index (κ1) is 10.8. The quantitative estimate of drug-likeness (QED) is 0.830. The predicted octanol–water partition coefficient (Wildman–Crippen LogP) is 2.54. The first-order valence-electron chi connectivity index (χ1n) is 4.59. The first-order chi connectivity index (χ1) is 7.58. The topological polar surface area (TPSA) is 45.8 Å². The van der Waals surface area contributed by atoms with Crippen LogP contribution >= 0.6 is 11.6 Å². The van der Waals surface area contributed by atoms with E-state index >= 15 is 0 Å². The lowest BCUT2D eigenvalue weighted by Gasteiger charge is -2.05. The van der Waals surface area contributed by atoms with Gasteiger partial charge in [0.25, 0.3) is 0 Å². The second kappa shape index (κ2) is 4.06. The predicted molar refractivity (Wildman–Crippen MR) is 60.0 cm³/mol. The van der Waals surface area contributed by atoms with Crippen LogP contribution in [0.1, 0.15) is 5.56 Å². The number of nitrogens with zero attached hydrogens (tertiary/aromatic N) is 1. The van der Waals surface area contributed by atoms with Crippen LogP contribution in [0.2, 0.25) is 5.02 Å². The monoisotopic (exact) mass is 238 g/mol. The molecule has 2 rings (SSSR count). The summed E-state index contributed by atoms with van der Waals surface area (Å²) < 4.78 is 13.0. The van der Waals surface area contributed by atoms with Gasteiger partial charge in [-0.15, -0.1) is 0 Å². The molecule has 0 saturated heterocycles. The third-order valence-electron chi connectivity index (χ3n) is 2.21. The smallest absolute Gasteiger partial charge is 0.305 e. The molecule has 0 unspecified atom stereocenters. The average Bonchev–Trinajstić information content (AvgIpc) is 2.26. The summed E-state index contributed by atoms with van der Waals surface area (Å²) in [6, 6.07) is 4.28. The van der Waals surface area contributed by atoms with E-state index in [0.29, 0.717) is 11.3 Å². The van der Waals surface area contributed by atoms with E-state index in [1.165, 1.54) is 18.3 Å². The highest BCUT2D eigenvalue weighted by atomic mass is 35.5. The van der Waals surface area contributed by atoms with E-state index in [1.54, 1.807) is 13.0 Å². The van der Waals surface area contributed by atoms with Crippen molar-refractivity contribution in [2.24, 2.45) is 0 Å². The van der Waals surface area contributed by atoms with Gasteiger partial charge in [0.15, 0.2) is 0 Å². The van der Waals surface area contributed by atoms with Crippen LogP contribution in [0, 0.1) is 12.7 Å². The summed E-state index contributed by atoms with van der Waals surface area (Å²) in [5.74, 6) is -0.487. The van der Waals surface area contributed by atoms with Gasteiger partial charge in [-0.3, -0.25) is 0 Å². The average molecular weight is 239 g/mol. The normalized spacial score (nSPS) is 10.4.